The third-order valence-electron chi connectivity index (χ3n) is 4.59. The summed E-state index contributed by atoms with van der Waals surface area (Å²) < 4.78 is 0. The first kappa shape index (κ1) is 16.3. The predicted molar refractivity (Wildman–Crippen MR) is 113 cm³/mol. The molecule has 4 aromatic rings. The standard InChI is InChI=1S/C23H20PS/c1-4-10-21(11-5-1)24(18-20-16-17-25-19-20,22-12-6-2-7-13-22)23-14-8-3-9-15-23/h1-17,19H,18H2/q+1. The monoisotopic (exact) mass is 359 g/mol. The molecular weight excluding hydrogens is 339 g/mol. The van der Waals surface area contributed by atoms with Crippen LogP contribution in [0.25, 0.3) is 0 Å². The van der Waals surface area contributed by atoms with Crippen molar-refractivity contribution in [1.29, 1.82) is 0 Å². The third-order valence-corrected chi connectivity index (χ3v) is 9.70. The number of hydrogen-bond donors (Lipinski definition) is 0. The van der Waals surface area contributed by atoms with E-state index in [2.05, 4.69) is 108 Å². The van der Waals surface area contributed by atoms with Crippen molar-refractivity contribution in [2.75, 3.05) is 0 Å². The van der Waals surface area contributed by atoms with Crippen LogP contribution < -0.4 is 15.9 Å². The highest BCUT2D eigenvalue weighted by Crippen LogP contribution is 2.58. The average molecular weight is 359 g/mol. The molecule has 0 aliphatic carbocycles. The van der Waals surface area contributed by atoms with Crippen molar-refractivity contribution in [3.63, 3.8) is 0 Å². The van der Waals surface area contributed by atoms with Gasteiger partial charge in [0.25, 0.3) is 0 Å². The first-order chi connectivity index (χ1) is 12.4. The summed E-state index contributed by atoms with van der Waals surface area (Å²) in [5.41, 5.74) is 1.43. The molecule has 0 atom stereocenters. The maximum atomic E-state index is 2.31. The molecular formula is C23H20PS+. The maximum absolute atomic E-state index is 2.31. The Morgan fingerprint density at radius 2 is 1.00 bits per heavy atom. The largest absolute Gasteiger partial charge is 0.152 e. The summed E-state index contributed by atoms with van der Waals surface area (Å²) in [6, 6.07) is 35.5. The summed E-state index contributed by atoms with van der Waals surface area (Å²) in [7, 11) is -1.74. The van der Waals surface area contributed by atoms with Gasteiger partial charge in [-0.15, -0.1) is 0 Å². The van der Waals surface area contributed by atoms with Crippen LogP contribution in [0, 0.1) is 0 Å². The van der Waals surface area contributed by atoms with Crippen LogP contribution in [-0.4, -0.2) is 0 Å². The summed E-state index contributed by atoms with van der Waals surface area (Å²) in [5, 5.41) is 8.81. The van der Waals surface area contributed by atoms with E-state index in [-0.39, 0.29) is 0 Å². The fraction of sp³-hybridized carbons (Fsp3) is 0.0435. The Bertz CT molecular complexity index is 804. The normalized spacial score (nSPS) is 11.4. The lowest BCUT2D eigenvalue weighted by Gasteiger charge is -2.27. The minimum absolute atomic E-state index is 1.06. The molecule has 0 spiro atoms. The second-order valence-corrected chi connectivity index (χ2v) is 10.4. The third kappa shape index (κ3) is 3.18. The molecule has 0 unspecified atom stereocenters. The van der Waals surface area contributed by atoms with Gasteiger partial charge < -0.3 is 0 Å². The van der Waals surface area contributed by atoms with Crippen molar-refractivity contribution in [1.82, 2.24) is 0 Å². The fourth-order valence-electron chi connectivity index (χ4n) is 3.42. The van der Waals surface area contributed by atoms with E-state index in [1.165, 1.54) is 21.5 Å². The molecule has 0 fully saturated rings. The van der Waals surface area contributed by atoms with Crippen LogP contribution in [0.2, 0.25) is 0 Å². The molecule has 1 aromatic heterocycles. The van der Waals surface area contributed by atoms with Gasteiger partial charge in [-0.05, 0) is 53.2 Å². The SMILES string of the molecule is c1ccc([P+](Cc2ccsc2)(c2ccccc2)c2ccccc2)cc1. The van der Waals surface area contributed by atoms with E-state index in [4.69, 9.17) is 0 Å². The van der Waals surface area contributed by atoms with Gasteiger partial charge in [0.15, 0.2) is 0 Å². The molecule has 0 saturated carbocycles. The summed E-state index contributed by atoms with van der Waals surface area (Å²) in [6.07, 6.45) is 1.06. The van der Waals surface area contributed by atoms with Crippen LogP contribution in [0.3, 0.4) is 0 Å². The molecule has 25 heavy (non-hydrogen) atoms. The first-order valence-corrected chi connectivity index (χ1v) is 11.4. The van der Waals surface area contributed by atoms with Crippen molar-refractivity contribution in [3.05, 3.63) is 113 Å². The van der Waals surface area contributed by atoms with E-state index >= 15 is 0 Å². The second kappa shape index (κ2) is 7.35. The van der Waals surface area contributed by atoms with Crippen molar-refractivity contribution >= 4 is 34.5 Å². The highest BCUT2D eigenvalue weighted by atomic mass is 32.1. The van der Waals surface area contributed by atoms with Gasteiger partial charge >= 0.3 is 0 Å². The lowest BCUT2D eigenvalue weighted by molar-refractivity contribution is 1.44. The Balaban J connectivity index is 2.01. The quantitative estimate of drug-likeness (QED) is 0.427. The van der Waals surface area contributed by atoms with E-state index < -0.39 is 7.26 Å². The molecule has 2 heteroatoms. The second-order valence-electron chi connectivity index (χ2n) is 6.11. The molecule has 0 N–H and O–H groups in total. The molecule has 0 aliphatic rings. The van der Waals surface area contributed by atoms with Crippen molar-refractivity contribution in [3.8, 4) is 0 Å². The molecule has 0 bridgehead atoms. The summed E-state index contributed by atoms with van der Waals surface area (Å²) in [5.74, 6) is 0. The van der Waals surface area contributed by atoms with Crippen LogP contribution in [0.4, 0.5) is 0 Å². The molecule has 122 valence electrons. The van der Waals surface area contributed by atoms with Gasteiger partial charge in [0.05, 0.1) is 6.16 Å². The van der Waals surface area contributed by atoms with Gasteiger partial charge in [-0.2, -0.15) is 11.3 Å². The van der Waals surface area contributed by atoms with E-state index in [9.17, 15) is 0 Å². The van der Waals surface area contributed by atoms with Gasteiger partial charge in [-0.1, -0.05) is 54.6 Å². The summed E-state index contributed by atoms with van der Waals surface area (Å²) >= 11 is 1.78. The lowest BCUT2D eigenvalue weighted by Crippen LogP contribution is -2.32. The molecule has 1 heterocycles. The summed E-state index contributed by atoms with van der Waals surface area (Å²) in [6.45, 7) is 0. The summed E-state index contributed by atoms with van der Waals surface area (Å²) in [4.78, 5) is 0. The van der Waals surface area contributed by atoms with Crippen LogP contribution in [0.15, 0.2) is 108 Å². The first-order valence-electron chi connectivity index (χ1n) is 8.45. The zero-order chi connectivity index (χ0) is 17.0. The molecule has 4 rings (SSSR count). The van der Waals surface area contributed by atoms with E-state index in [0.29, 0.717) is 0 Å². The highest BCUT2D eigenvalue weighted by Gasteiger charge is 2.45. The number of hydrogen-bond acceptors (Lipinski definition) is 1. The fourth-order valence-corrected chi connectivity index (χ4v) is 8.45. The number of rotatable bonds is 5. The topological polar surface area (TPSA) is 0 Å². The molecule has 0 nitrogen and oxygen atoms in total. The number of benzene rings is 3. The van der Waals surface area contributed by atoms with Crippen LogP contribution in [0.1, 0.15) is 5.56 Å². The lowest BCUT2D eigenvalue weighted by atomic mass is 10.3. The van der Waals surface area contributed by atoms with Gasteiger partial charge in [-0.25, -0.2) is 0 Å². The van der Waals surface area contributed by atoms with Crippen molar-refractivity contribution in [2.45, 2.75) is 6.16 Å². The molecule has 0 radical (unpaired) electrons. The molecule has 0 aliphatic heterocycles. The van der Waals surface area contributed by atoms with Crippen LogP contribution >= 0.6 is 18.6 Å². The van der Waals surface area contributed by atoms with Gasteiger partial charge in [-0.3, -0.25) is 0 Å². The smallest absolute Gasteiger partial charge is 0.116 e. The minimum Gasteiger partial charge on any atom is -0.152 e. The Kier molecular flexibility index (Phi) is 4.78. The van der Waals surface area contributed by atoms with E-state index in [1.807, 2.05) is 0 Å². The molecule has 0 saturated heterocycles. The number of thiophene rings is 1. The average Bonchev–Trinajstić information content (AvgIpc) is 3.21. The molecule has 0 amide bonds. The van der Waals surface area contributed by atoms with Crippen molar-refractivity contribution in [2.24, 2.45) is 0 Å². The zero-order valence-corrected chi connectivity index (χ0v) is 15.7. The van der Waals surface area contributed by atoms with Gasteiger partial charge in [0, 0.05) is 5.56 Å². The Labute approximate surface area is 154 Å². The Morgan fingerprint density at radius 3 is 1.36 bits per heavy atom. The van der Waals surface area contributed by atoms with Crippen LogP contribution in [0.5, 0.6) is 0 Å². The Hall–Kier alpha value is -2.21. The van der Waals surface area contributed by atoms with Crippen LogP contribution in [-0.2, 0) is 6.16 Å². The van der Waals surface area contributed by atoms with Gasteiger partial charge in [0.2, 0.25) is 0 Å². The van der Waals surface area contributed by atoms with Crippen molar-refractivity contribution < 1.29 is 0 Å². The molecule has 3 aromatic carbocycles. The van der Waals surface area contributed by atoms with E-state index in [1.54, 1.807) is 11.3 Å². The predicted octanol–water partition coefficient (Wildman–Crippen LogP) is 5.24. The van der Waals surface area contributed by atoms with Gasteiger partial charge in [0.1, 0.15) is 23.2 Å². The highest BCUT2D eigenvalue weighted by molar-refractivity contribution is 7.95. The minimum atomic E-state index is -1.74. The zero-order valence-electron chi connectivity index (χ0n) is 14.0. The Morgan fingerprint density at radius 1 is 0.560 bits per heavy atom. The van der Waals surface area contributed by atoms with E-state index in [0.717, 1.165) is 6.16 Å². The maximum Gasteiger partial charge on any atom is 0.116 e.